The van der Waals surface area contributed by atoms with Crippen molar-refractivity contribution in [3.8, 4) is 5.75 Å². The molecule has 2 fully saturated rings. The van der Waals surface area contributed by atoms with Gasteiger partial charge in [-0.3, -0.25) is 4.79 Å². The quantitative estimate of drug-likeness (QED) is 0.331. The van der Waals surface area contributed by atoms with Crippen molar-refractivity contribution >= 4 is 70.4 Å². The molecule has 8 nitrogen and oxygen atoms in total. The molecular weight excluding hydrogens is 568 g/mol. The molecule has 0 atom stereocenters. The highest BCUT2D eigenvalue weighted by Crippen LogP contribution is 2.52. The number of rotatable bonds is 7. The van der Waals surface area contributed by atoms with Crippen LogP contribution >= 0.6 is 36.4 Å². The predicted molar refractivity (Wildman–Crippen MR) is 159 cm³/mol. The highest BCUT2D eigenvalue weighted by Gasteiger charge is 2.45. The Labute approximate surface area is 244 Å². The molecule has 1 saturated heterocycles. The van der Waals surface area contributed by atoms with E-state index in [0.717, 1.165) is 13.1 Å². The van der Waals surface area contributed by atoms with E-state index in [1.165, 1.54) is 50.2 Å². The highest BCUT2D eigenvalue weighted by molar-refractivity contribution is 6.31. The Kier molecular flexibility index (Phi) is 11.3. The number of aromatic nitrogens is 2. The number of carbonyl (C=O) groups is 1. The first kappa shape index (κ1) is 32.5. The molecule has 1 spiro atoms. The summed E-state index contributed by atoms with van der Waals surface area (Å²) in [7, 11) is 2.18. The summed E-state index contributed by atoms with van der Waals surface area (Å²) in [5, 5.41) is 6.66. The number of hydrogen-bond donors (Lipinski definition) is 2. The Balaban J connectivity index is 0.00000178. The monoisotopic (exact) mass is 599 g/mol. The van der Waals surface area contributed by atoms with Crippen molar-refractivity contribution in [2.75, 3.05) is 37.4 Å². The molecule has 2 heterocycles. The average Bonchev–Trinajstić information content (AvgIpc) is 2.85. The number of nitrogens with one attached hydrogen (secondary N) is 2. The molecule has 1 aromatic heterocycles. The van der Waals surface area contributed by atoms with Crippen LogP contribution < -0.4 is 15.4 Å². The van der Waals surface area contributed by atoms with Crippen LogP contribution in [0.15, 0.2) is 49.3 Å². The normalized spacial score (nSPS) is 16.2. The lowest BCUT2D eigenvalue weighted by Crippen LogP contribution is -2.47. The SMILES string of the molecule is C=CC(=O)Nc1cc2c(Nc3ccc(F)c(Cl)c3)ncnc2cc1OCC1CC2(CCN(C)CC2)C1.Cl.Cl.O. The van der Waals surface area contributed by atoms with Crippen LogP contribution in [0.2, 0.25) is 5.02 Å². The first-order valence-electron chi connectivity index (χ1n) is 12.1. The summed E-state index contributed by atoms with van der Waals surface area (Å²) in [5.74, 6) is 0.699. The first-order valence-corrected chi connectivity index (χ1v) is 12.5. The first-order chi connectivity index (χ1) is 17.3. The highest BCUT2D eigenvalue weighted by atomic mass is 35.5. The molecular formula is C27H33Cl3FN5O3. The molecule has 0 unspecified atom stereocenters. The van der Waals surface area contributed by atoms with Crippen LogP contribution in [-0.2, 0) is 4.79 Å². The molecule has 5 rings (SSSR count). The molecule has 12 heteroatoms. The van der Waals surface area contributed by atoms with Crippen LogP contribution in [0.4, 0.5) is 21.6 Å². The number of amides is 1. The second kappa shape index (κ2) is 13.6. The van der Waals surface area contributed by atoms with Gasteiger partial charge in [0.2, 0.25) is 5.91 Å². The smallest absolute Gasteiger partial charge is 0.247 e. The van der Waals surface area contributed by atoms with Gasteiger partial charge in [-0.15, -0.1) is 24.8 Å². The zero-order valence-electron chi connectivity index (χ0n) is 21.5. The summed E-state index contributed by atoms with van der Waals surface area (Å²) in [4.78, 5) is 23.3. The Hall–Kier alpha value is -2.69. The fourth-order valence-corrected chi connectivity index (χ4v) is 5.47. The molecule has 2 aromatic carbocycles. The Morgan fingerprint density at radius 2 is 1.95 bits per heavy atom. The third-order valence-corrected chi connectivity index (χ3v) is 7.62. The average molecular weight is 601 g/mol. The van der Waals surface area contributed by atoms with Crippen molar-refractivity contribution in [3.63, 3.8) is 0 Å². The summed E-state index contributed by atoms with van der Waals surface area (Å²) >= 11 is 5.93. The maximum atomic E-state index is 13.6. The van der Waals surface area contributed by atoms with E-state index in [1.54, 1.807) is 12.1 Å². The van der Waals surface area contributed by atoms with E-state index in [-0.39, 0.29) is 41.2 Å². The number of piperidine rings is 1. The van der Waals surface area contributed by atoms with E-state index in [0.29, 0.717) is 51.8 Å². The third kappa shape index (κ3) is 7.29. The van der Waals surface area contributed by atoms with E-state index in [4.69, 9.17) is 16.3 Å². The molecule has 0 bridgehead atoms. The topological polar surface area (TPSA) is 111 Å². The van der Waals surface area contributed by atoms with Gasteiger partial charge in [-0.05, 0) is 87.5 Å². The zero-order chi connectivity index (χ0) is 25.3. The van der Waals surface area contributed by atoms with Crippen molar-refractivity contribution in [2.24, 2.45) is 11.3 Å². The molecule has 212 valence electrons. The van der Waals surface area contributed by atoms with E-state index < -0.39 is 5.82 Å². The van der Waals surface area contributed by atoms with Gasteiger partial charge >= 0.3 is 0 Å². The Morgan fingerprint density at radius 1 is 1.23 bits per heavy atom. The summed E-state index contributed by atoms with van der Waals surface area (Å²) in [5.41, 5.74) is 2.20. The van der Waals surface area contributed by atoms with Crippen molar-refractivity contribution in [2.45, 2.75) is 25.7 Å². The Morgan fingerprint density at radius 3 is 2.62 bits per heavy atom. The molecule has 4 N–H and O–H groups in total. The lowest BCUT2D eigenvalue weighted by atomic mass is 9.58. The van der Waals surface area contributed by atoms with Gasteiger partial charge in [-0.25, -0.2) is 14.4 Å². The number of benzene rings is 2. The number of anilines is 3. The molecule has 0 radical (unpaired) electrons. The summed E-state index contributed by atoms with van der Waals surface area (Å²) < 4.78 is 19.8. The lowest BCUT2D eigenvalue weighted by molar-refractivity contribution is -0.111. The maximum Gasteiger partial charge on any atom is 0.247 e. The van der Waals surface area contributed by atoms with Gasteiger partial charge in [-0.1, -0.05) is 18.2 Å². The van der Waals surface area contributed by atoms with Crippen LogP contribution in [0.1, 0.15) is 25.7 Å². The zero-order valence-corrected chi connectivity index (χ0v) is 23.9. The standard InChI is InChI=1S/C27H29ClFN5O2.2ClH.H2O/c1-3-25(35)33-23-11-19-22(30-16-31-26(19)32-18-4-5-21(29)20(28)10-18)12-24(23)36-15-17-13-27(14-17)6-8-34(2)9-7-27;;;/h3-5,10-12,16-17H,1,6-9,13-15H2,2H3,(H,33,35)(H,30,31,32);2*1H;1H2. The van der Waals surface area contributed by atoms with Gasteiger partial charge in [0, 0.05) is 17.1 Å². The molecule has 3 aromatic rings. The van der Waals surface area contributed by atoms with E-state index in [9.17, 15) is 9.18 Å². The van der Waals surface area contributed by atoms with Crippen molar-refractivity contribution < 1.29 is 19.4 Å². The largest absolute Gasteiger partial charge is 0.491 e. The minimum absolute atomic E-state index is 0. The third-order valence-electron chi connectivity index (χ3n) is 7.33. The van der Waals surface area contributed by atoms with E-state index >= 15 is 0 Å². The summed E-state index contributed by atoms with van der Waals surface area (Å²) in [6.45, 7) is 6.46. The van der Waals surface area contributed by atoms with Gasteiger partial charge in [-0.2, -0.15) is 0 Å². The van der Waals surface area contributed by atoms with Crippen LogP contribution in [-0.4, -0.2) is 53.0 Å². The molecule has 1 saturated carbocycles. The van der Waals surface area contributed by atoms with Gasteiger partial charge < -0.3 is 25.7 Å². The minimum atomic E-state index is -0.501. The number of hydrogen-bond acceptors (Lipinski definition) is 6. The summed E-state index contributed by atoms with van der Waals surface area (Å²) in [6, 6.07) is 7.92. The second-order valence-corrected chi connectivity index (χ2v) is 10.3. The van der Waals surface area contributed by atoms with Crippen LogP contribution in [0.5, 0.6) is 5.75 Å². The molecule has 1 amide bonds. The van der Waals surface area contributed by atoms with E-state index in [1.807, 2.05) is 6.07 Å². The molecule has 39 heavy (non-hydrogen) atoms. The van der Waals surface area contributed by atoms with Crippen LogP contribution in [0.25, 0.3) is 10.9 Å². The molecule has 2 aliphatic rings. The number of fused-ring (bicyclic) bond motifs is 1. The minimum Gasteiger partial charge on any atom is -0.491 e. The van der Waals surface area contributed by atoms with Gasteiger partial charge in [0.25, 0.3) is 0 Å². The van der Waals surface area contributed by atoms with Crippen LogP contribution in [0, 0.1) is 17.2 Å². The number of carbonyl (C=O) groups excluding carboxylic acids is 1. The maximum absolute atomic E-state index is 13.6. The van der Waals surface area contributed by atoms with Gasteiger partial charge in [0.15, 0.2) is 0 Å². The fourth-order valence-electron chi connectivity index (χ4n) is 5.29. The van der Waals surface area contributed by atoms with Crippen molar-refractivity contribution in [1.82, 2.24) is 14.9 Å². The predicted octanol–water partition coefficient (Wildman–Crippen LogP) is 5.81. The number of likely N-dealkylation sites (tertiary alicyclic amines) is 1. The summed E-state index contributed by atoms with van der Waals surface area (Å²) in [6.07, 6.45) is 7.52. The fraction of sp³-hybridized carbons (Fsp3) is 0.370. The molecule has 1 aliphatic heterocycles. The molecule has 1 aliphatic carbocycles. The number of nitrogens with zero attached hydrogens (tertiary/aromatic N) is 3. The van der Waals surface area contributed by atoms with Crippen LogP contribution in [0.3, 0.4) is 0 Å². The number of ether oxygens (including phenoxy) is 1. The number of halogens is 4. The van der Waals surface area contributed by atoms with Gasteiger partial charge in [0.05, 0.1) is 22.8 Å². The van der Waals surface area contributed by atoms with Crippen molar-refractivity contribution in [3.05, 3.63) is 60.2 Å². The van der Waals surface area contributed by atoms with Crippen molar-refractivity contribution in [1.29, 1.82) is 0 Å². The van der Waals surface area contributed by atoms with Gasteiger partial charge in [0.1, 0.15) is 23.7 Å². The van der Waals surface area contributed by atoms with E-state index in [2.05, 4.69) is 39.1 Å². The lowest BCUT2D eigenvalue weighted by Gasteiger charge is -2.51. The second-order valence-electron chi connectivity index (χ2n) is 9.92. The Bertz CT molecular complexity index is 1310.